The van der Waals surface area contributed by atoms with Crippen LogP contribution in [0.4, 0.5) is 0 Å². The summed E-state index contributed by atoms with van der Waals surface area (Å²) < 4.78 is 9.84. The molecule has 0 radical (unpaired) electrons. The predicted molar refractivity (Wildman–Crippen MR) is 181 cm³/mol. The number of aromatic nitrogens is 4. The molecule has 0 saturated carbocycles. The van der Waals surface area contributed by atoms with Crippen LogP contribution >= 0.6 is 0 Å². The van der Waals surface area contributed by atoms with Gasteiger partial charge in [-0.1, -0.05) is 126 Å². The summed E-state index contributed by atoms with van der Waals surface area (Å²) in [6.07, 6.45) is 20.5. The number of hydrogen-bond acceptors (Lipinski definition) is 4. The SMILES string of the molecule is CCCCCCCCCCCCCCCc1cccc(OCCCc2nn3nc(C)n(Cc4ccccc4)c3c2C(C)=O)c1. The van der Waals surface area contributed by atoms with Crippen molar-refractivity contribution in [2.24, 2.45) is 0 Å². The van der Waals surface area contributed by atoms with E-state index in [9.17, 15) is 4.79 Å². The number of benzene rings is 2. The van der Waals surface area contributed by atoms with Crippen LogP contribution in [0.5, 0.6) is 5.75 Å². The van der Waals surface area contributed by atoms with Gasteiger partial charge in [-0.05, 0) is 62.8 Å². The molecule has 0 aliphatic heterocycles. The second-order valence-corrected chi connectivity index (χ2v) is 12.4. The largest absolute Gasteiger partial charge is 0.494 e. The van der Waals surface area contributed by atoms with Crippen molar-refractivity contribution in [3.63, 3.8) is 0 Å². The number of aryl methyl sites for hydroxylation is 3. The van der Waals surface area contributed by atoms with Gasteiger partial charge in [-0.15, -0.1) is 9.73 Å². The van der Waals surface area contributed by atoms with Crippen molar-refractivity contribution in [1.82, 2.24) is 19.4 Å². The molecule has 0 bridgehead atoms. The zero-order chi connectivity index (χ0) is 31.0. The van der Waals surface area contributed by atoms with E-state index in [2.05, 4.69) is 46.9 Å². The van der Waals surface area contributed by atoms with Gasteiger partial charge in [0.25, 0.3) is 0 Å². The van der Waals surface area contributed by atoms with Crippen molar-refractivity contribution < 1.29 is 9.53 Å². The van der Waals surface area contributed by atoms with Gasteiger partial charge in [0.2, 0.25) is 0 Å². The van der Waals surface area contributed by atoms with Crippen LogP contribution in [0.15, 0.2) is 54.6 Å². The summed E-state index contributed by atoms with van der Waals surface area (Å²) in [4.78, 5) is 12.8. The lowest BCUT2D eigenvalue weighted by Crippen LogP contribution is -2.07. The summed E-state index contributed by atoms with van der Waals surface area (Å²) in [5.74, 6) is 1.78. The van der Waals surface area contributed by atoms with Gasteiger partial charge in [-0.2, -0.15) is 5.10 Å². The molecule has 2 aromatic carbocycles. The summed E-state index contributed by atoms with van der Waals surface area (Å²) in [6.45, 7) is 7.10. The van der Waals surface area contributed by atoms with Crippen LogP contribution in [0, 0.1) is 6.92 Å². The molecule has 0 spiro atoms. The first kappa shape index (κ1) is 33.5. The summed E-state index contributed by atoms with van der Waals surface area (Å²) in [5.41, 5.74) is 4.75. The molecule has 0 aliphatic rings. The highest BCUT2D eigenvalue weighted by atomic mass is 16.5. The molecule has 0 saturated heterocycles. The van der Waals surface area contributed by atoms with Crippen LogP contribution in [0.2, 0.25) is 0 Å². The van der Waals surface area contributed by atoms with Crippen molar-refractivity contribution in [3.8, 4) is 5.75 Å². The molecule has 4 aromatic rings. The number of Topliss-reactive ketones (excluding diaryl/α,β-unsaturated/α-hetero) is 1. The monoisotopic (exact) mass is 598 g/mol. The Hall–Kier alpha value is -3.41. The summed E-state index contributed by atoms with van der Waals surface area (Å²) >= 11 is 0. The molecule has 6 nitrogen and oxygen atoms in total. The Balaban J connectivity index is 1.16. The smallest absolute Gasteiger partial charge is 0.169 e. The Morgan fingerprint density at radius 2 is 1.36 bits per heavy atom. The van der Waals surface area contributed by atoms with Crippen molar-refractivity contribution in [3.05, 3.63) is 82.8 Å². The van der Waals surface area contributed by atoms with Crippen molar-refractivity contribution in [1.29, 1.82) is 0 Å². The minimum atomic E-state index is 0.0194. The number of ether oxygens (including phenoxy) is 1. The van der Waals surface area contributed by atoms with E-state index < -0.39 is 0 Å². The van der Waals surface area contributed by atoms with Gasteiger partial charge in [-0.3, -0.25) is 4.79 Å². The number of fused-ring (bicyclic) bond motifs is 1. The van der Waals surface area contributed by atoms with Crippen LogP contribution in [0.25, 0.3) is 5.65 Å². The van der Waals surface area contributed by atoms with Gasteiger partial charge >= 0.3 is 0 Å². The van der Waals surface area contributed by atoms with Crippen molar-refractivity contribution in [2.45, 2.75) is 130 Å². The molecule has 4 rings (SSSR count). The van der Waals surface area contributed by atoms with Crippen LogP contribution < -0.4 is 4.74 Å². The Bertz CT molecular complexity index is 1410. The Morgan fingerprint density at radius 3 is 2.02 bits per heavy atom. The van der Waals surface area contributed by atoms with E-state index in [4.69, 9.17) is 9.84 Å². The number of unbranched alkanes of at least 4 members (excludes halogenated alkanes) is 12. The zero-order valence-corrected chi connectivity index (χ0v) is 27.5. The molecule has 0 aliphatic carbocycles. The number of carbonyl (C=O) groups is 1. The summed E-state index contributed by atoms with van der Waals surface area (Å²) in [7, 11) is 0. The Morgan fingerprint density at radius 1 is 0.727 bits per heavy atom. The molecule has 0 amide bonds. The van der Waals surface area contributed by atoms with E-state index in [1.54, 1.807) is 11.6 Å². The van der Waals surface area contributed by atoms with Gasteiger partial charge in [0.1, 0.15) is 11.6 Å². The standard InChI is InChI=1S/C38H54N4O2/c1-4-5-6-7-8-9-10-11-12-13-14-15-17-22-33-25-20-26-35(29-33)44-28-21-27-36-37(31(2)43)38-41(32(3)39-42(38)40-36)30-34-23-18-16-19-24-34/h16,18-20,23-26,29H,4-15,17,21-22,27-28,30H2,1-3H3. The van der Waals surface area contributed by atoms with E-state index in [0.717, 1.165) is 41.3 Å². The van der Waals surface area contributed by atoms with Crippen LogP contribution in [-0.2, 0) is 19.4 Å². The fourth-order valence-corrected chi connectivity index (χ4v) is 6.16. The number of rotatable bonds is 22. The fraction of sp³-hybridized carbons (Fsp3) is 0.553. The lowest BCUT2D eigenvalue weighted by Gasteiger charge is -2.09. The molecule has 6 heteroatoms. The average Bonchev–Trinajstić information content (AvgIpc) is 3.52. The second kappa shape index (κ2) is 18.4. The highest BCUT2D eigenvalue weighted by molar-refractivity contribution is 6.01. The molecule has 238 valence electrons. The molecule has 44 heavy (non-hydrogen) atoms. The maximum Gasteiger partial charge on any atom is 0.169 e. The molecular weight excluding hydrogens is 544 g/mol. The highest BCUT2D eigenvalue weighted by Gasteiger charge is 2.22. The zero-order valence-electron chi connectivity index (χ0n) is 27.5. The lowest BCUT2D eigenvalue weighted by molar-refractivity contribution is 0.101. The molecule has 2 heterocycles. The normalized spacial score (nSPS) is 11.4. The fourth-order valence-electron chi connectivity index (χ4n) is 6.16. The molecule has 0 unspecified atom stereocenters. The molecule has 2 aromatic heterocycles. The predicted octanol–water partition coefficient (Wildman–Crippen LogP) is 9.74. The quantitative estimate of drug-likeness (QED) is 0.0667. The van der Waals surface area contributed by atoms with E-state index in [-0.39, 0.29) is 5.78 Å². The number of hydrogen-bond donors (Lipinski definition) is 0. The Labute approximate surface area is 265 Å². The average molecular weight is 599 g/mol. The third-order valence-corrected chi connectivity index (χ3v) is 8.63. The molecule has 0 fully saturated rings. The van der Waals surface area contributed by atoms with E-state index in [1.165, 1.54) is 89.0 Å². The van der Waals surface area contributed by atoms with Gasteiger partial charge in [0.15, 0.2) is 11.4 Å². The van der Waals surface area contributed by atoms with Gasteiger partial charge in [0.05, 0.1) is 24.4 Å². The van der Waals surface area contributed by atoms with Gasteiger partial charge < -0.3 is 9.30 Å². The van der Waals surface area contributed by atoms with E-state index >= 15 is 0 Å². The summed E-state index contributed by atoms with van der Waals surface area (Å²) in [6, 6.07) is 18.8. The van der Waals surface area contributed by atoms with E-state index in [1.807, 2.05) is 31.2 Å². The maximum atomic E-state index is 12.8. The highest BCUT2D eigenvalue weighted by Crippen LogP contribution is 2.22. The van der Waals surface area contributed by atoms with Gasteiger partial charge in [0, 0.05) is 0 Å². The van der Waals surface area contributed by atoms with E-state index in [0.29, 0.717) is 25.1 Å². The minimum absolute atomic E-state index is 0.0194. The third-order valence-electron chi connectivity index (χ3n) is 8.63. The second-order valence-electron chi connectivity index (χ2n) is 12.4. The van der Waals surface area contributed by atoms with Crippen molar-refractivity contribution >= 4 is 11.4 Å². The number of nitrogens with zero attached hydrogens (tertiary/aromatic N) is 4. The summed E-state index contributed by atoms with van der Waals surface area (Å²) in [5, 5.41) is 9.32. The molecule has 0 atom stereocenters. The minimum Gasteiger partial charge on any atom is -0.494 e. The first-order valence-corrected chi connectivity index (χ1v) is 17.3. The first-order valence-electron chi connectivity index (χ1n) is 17.3. The van der Waals surface area contributed by atoms with Gasteiger partial charge in [-0.25, -0.2) is 0 Å². The lowest BCUT2D eigenvalue weighted by atomic mass is 10.0. The third kappa shape index (κ3) is 10.3. The number of ketones is 1. The topological polar surface area (TPSA) is 61.4 Å². The van der Waals surface area contributed by atoms with Crippen LogP contribution in [0.3, 0.4) is 0 Å². The number of carbonyl (C=O) groups excluding carboxylic acids is 1. The Kier molecular flexibility index (Phi) is 14.0. The van der Waals surface area contributed by atoms with Crippen LogP contribution in [-0.4, -0.2) is 31.8 Å². The molecular formula is C38H54N4O2. The van der Waals surface area contributed by atoms with Crippen molar-refractivity contribution in [2.75, 3.05) is 6.61 Å². The maximum absolute atomic E-state index is 12.8. The first-order chi connectivity index (χ1) is 21.6. The molecule has 0 N–H and O–H groups in total. The van der Waals surface area contributed by atoms with Crippen LogP contribution in [0.1, 0.15) is 137 Å².